The molecule has 1 unspecified atom stereocenters. The number of hydrogen-bond donors (Lipinski definition) is 2. The van der Waals surface area contributed by atoms with Crippen molar-refractivity contribution in [2.45, 2.75) is 12.5 Å². The van der Waals surface area contributed by atoms with Crippen LogP contribution in [0.15, 0.2) is 57.5 Å². The molecule has 2 aromatic carbocycles. The van der Waals surface area contributed by atoms with Crippen LogP contribution < -0.4 is 11.3 Å². The molecule has 0 aromatic heterocycles. The lowest BCUT2D eigenvalue weighted by Gasteiger charge is -2.17. The van der Waals surface area contributed by atoms with Gasteiger partial charge in [0.05, 0.1) is 6.04 Å². The second-order valence-electron chi connectivity index (χ2n) is 4.11. The Morgan fingerprint density at radius 2 is 1.61 bits per heavy atom. The fraction of sp³-hybridized carbons (Fsp3) is 0.143. The van der Waals surface area contributed by atoms with Crippen LogP contribution >= 0.6 is 31.9 Å². The molecule has 0 aliphatic carbocycles. The first kappa shape index (κ1) is 13.7. The predicted molar refractivity (Wildman–Crippen MR) is 82.1 cm³/mol. The summed E-state index contributed by atoms with van der Waals surface area (Å²) in [6.45, 7) is 0. The Morgan fingerprint density at radius 3 is 2.17 bits per heavy atom. The zero-order valence-corrected chi connectivity index (χ0v) is 12.9. The molecule has 0 saturated carbocycles. The molecule has 18 heavy (non-hydrogen) atoms. The minimum Gasteiger partial charge on any atom is -0.271 e. The zero-order chi connectivity index (χ0) is 13.0. The van der Waals surface area contributed by atoms with E-state index in [1.54, 1.807) is 0 Å². The van der Waals surface area contributed by atoms with Crippen molar-refractivity contribution in [3.8, 4) is 0 Å². The van der Waals surface area contributed by atoms with Crippen LogP contribution in [-0.2, 0) is 6.42 Å². The van der Waals surface area contributed by atoms with E-state index in [2.05, 4.69) is 61.6 Å². The van der Waals surface area contributed by atoms with Gasteiger partial charge in [0.2, 0.25) is 0 Å². The molecule has 2 rings (SSSR count). The van der Waals surface area contributed by atoms with Crippen LogP contribution in [0.25, 0.3) is 0 Å². The van der Waals surface area contributed by atoms with Crippen molar-refractivity contribution in [2.75, 3.05) is 0 Å². The predicted octanol–water partition coefficient (Wildman–Crippen LogP) is 3.96. The van der Waals surface area contributed by atoms with E-state index in [1.807, 2.05) is 24.3 Å². The largest absolute Gasteiger partial charge is 0.271 e. The van der Waals surface area contributed by atoms with Gasteiger partial charge in [0, 0.05) is 8.95 Å². The van der Waals surface area contributed by atoms with Crippen LogP contribution in [0, 0.1) is 0 Å². The Kier molecular flexibility index (Phi) is 4.95. The highest BCUT2D eigenvalue weighted by molar-refractivity contribution is 9.11. The van der Waals surface area contributed by atoms with Gasteiger partial charge in [-0.25, -0.2) is 0 Å². The van der Waals surface area contributed by atoms with Gasteiger partial charge in [0.1, 0.15) is 0 Å². The van der Waals surface area contributed by atoms with Crippen molar-refractivity contribution in [3.05, 3.63) is 68.6 Å². The number of hydrazine groups is 1. The summed E-state index contributed by atoms with van der Waals surface area (Å²) in [7, 11) is 0. The smallest absolute Gasteiger partial charge is 0.0501 e. The lowest BCUT2D eigenvalue weighted by molar-refractivity contribution is 0.551. The first-order valence-electron chi connectivity index (χ1n) is 5.65. The molecule has 0 spiro atoms. The second kappa shape index (κ2) is 6.48. The van der Waals surface area contributed by atoms with E-state index in [-0.39, 0.29) is 6.04 Å². The third kappa shape index (κ3) is 3.65. The topological polar surface area (TPSA) is 38.0 Å². The molecule has 0 aliphatic heterocycles. The van der Waals surface area contributed by atoms with Crippen molar-refractivity contribution < 1.29 is 0 Å². The van der Waals surface area contributed by atoms with Crippen LogP contribution in [0.2, 0.25) is 0 Å². The molecule has 3 N–H and O–H groups in total. The van der Waals surface area contributed by atoms with Gasteiger partial charge in [-0.3, -0.25) is 11.3 Å². The summed E-state index contributed by atoms with van der Waals surface area (Å²) in [4.78, 5) is 0. The number of benzene rings is 2. The highest BCUT2D eigenvalue weighted by atomic mass is 79.9. The van der Waals surface area contributed by atoms with Gasteiger partial charge in [-0.2, -0.15) is 0 Å². The van der Waals surface area contributed by atoms with Gasteiger partial charge in [0.25, 0.3) is 0 Å². The monoisotopic (exact) mass is 368 g/mol. The first-order chi connectivity index (χ1) is 8.69. The molecule has 2 nitrogen and oxygen atoms in total. The minimum absolute atomic E-state index is 0.0983. The van der Waals surface area contributed by atoms with E-state index < -0.39 is 0 Å². The van der Waals surface area contributed by atoms with E-state index in [1.165, 1.54) is 5.56 Å². The third-order valence-corrected chi connectivity index (χ3v) is 3.69. The standard InChI is InChI=1S/C14H14Br2N2/c15-12-7-11(8-13(16)9-12)14(18-17)6-10-4-2-1-3-5-10/h1-5,7-9,14,18H,6,17H2. The van der Waals surface area contributed by atoms with Gasteiger partial charge in [-0.05, 0) is 35.7 Å². The SMILES string of the molecule is NNC(Cc1ccccc1)c1cc(Br)cc(Br)c1. The van der Waals surface area contributed by atoms with Gasteiger partial charge in [0.15, 0.2) is 0 Å². The molecule has 0 saturated heterocycles. The average Bonchev–Trinajstić information content (AvgIpc) is 2.36. The molecule has 2 aromatic rings. The van der Waals surface area contributed by atoms with Crippen LogP contribution in [-0.4, -0.2) is 0 Å². The van der Waals surface area contributed by atoms with Crippen LogP contribution in [0.1, 0.15) is 17.2 Å². The van der Waals surface area contributed by atoms with Gasteiger partial charge < -0.3 is 0 Å². The van der Waals surface area contributed by atoms with Gasteiger partial charge in [-0.1, -0.05) is 62.2 Å². The Bertz CT molecular complexity index is 494. The van der Waals surface area contributed by atoms with Crippen molar-refractivity contribution in [1.29, 1.82) is 0 Å². The number of rotatable bonds is 4. The molecule has 0 heterocycles. The summed E-state index contributed by atoms with van der Waals surface area (Å²) >= 11 is 6.99. The summed E-state index contributed by atoms with van der Waals surface area (Å²) in [5, 5.41) is 0. The second-order valence-corrected chi connectivity index (χ2v) is 5.94. The highest BCUT2D eigenvalue weighted by Gasteiger charge is 2.11. The lowest BCUT2D eigenvalue weighted by atomic mass is 9.99. The Hall–Kier alpha value is -0.680. The third-order valence-electron chi connectivity index (χ3n) is 2.77. The Morgan fingerprint density at radius 1 is 1.00 bits per heavy atom. The van der Waals surface area contributed by atoms with Crippen molar-refractivity contribution in [1.82, 2.24) is 5.43 Å². The maximum atomic E-state index is 5.67. The van der Waals surface area contributed by atoms with Crippen LogP contribution in [0.4, 0.5) is 0 Å². The first-order valence-corrected chi connectivity index (χ1v) is 7.23. The molecule has 0 aliphatic rings. The normalized spacial score (nSPS) is 12.4. The molecule has 0 radical (unpaired) electrons. The van der Waals surface area contributed by atoms with E-state index in [4.69, 9.17) is 5.84 Å². The van der Waals surface area contributed by atoms with Crippen molar-refractivity contribution in [3.63, 3.8) is 0 Å². The summed E-state index contributed by atoms with van der Waals surface area (Å²) in [5.74, 6) is 5.67. The van der Waals surface area contributed by atoms with E-state index in [0.29, 0.717) is 0 Å². The Balaban J connectivity index is 2.23. The van der Waals surface area contributed by atoms with Gasteiger partial charge >= 0.3 is 0 Å². The number of nitrogens with one attached hydrogen (secondary N) is 1. The molecule has 94 valence electrons. The summed E-state index contributed by atoms with van der Waals surface area (Å²) in [6, 6.07) is 16.6. The van der Waals surface area contributed by atoms with Crippen LogP contribution in [0.3, 0.4) is 0 Å². The summed E-state index contributed by atoms with van der Waals surface area (Å²) < 4.78 is 2.08. The van der Waals surface area contributed by atoms with E-state index in [9.17, 15) is 0 Å². The molecule has 0 bridgehead atoms. The highest BCUT2D eigenvalue weighted by Crippen LogP contribution is 2.25. The van der Waals surface area contributed by atoms with E-state index in [0.717, 1.165) is 20.9 Å². The summed E-state index contributed by atoms with van der Waals surface area (Å²) in [6.07, 6.45) is 0.861. The molecular weight excluding hydrogens is 356 g/mol. The quantitative estimate of drug-likeness (QED) is 0.632. The lowest BCUT2D eigenvalue weighted by Crippen LogP contribution is -2.29. The molecule has 4 heteroatoms. The molecule has 0 fully saturated rings. The Labute approximate surface area is 124 Å². The number of hydrogen-bond acceptors (Lipinski definition) is 2. The fourth-order valence-corrected chi connectivity index (χ4v) is 3.23. The maximum Gasteiger partial charge on any atom is 0.0501 e. The minimum atomic E-state index is 0.0983. The summed E-state index contributed by atoms with van der Waals surface area (Å²) in [5.41, 5.74) is 5.30. The fourth-order valence-electron chi connectivity index (χ4n) is 1.90. The number of nitrogens with two attached hydrogens (primary N) is 1. The maximum absolute atomic E-state index is 5.67. The van der Waals surface area contributed by atoms with Gasteiger partial charge in [-0.15, -0.1) is 0 Å². The van der Waals surface area contributed by atoms with Crippen molar-refractivity contribution >= 4 is 31.9 Å². The van der Waals surface area contributed by atoms with E-state index >= 15 is 0 Å². The number of halogens is 2. The molecular formula is C14H14Br2N2. The average molecular weight is 370 g/mol. The van der Waals surface area contributed by atoms with Crippen LogP contribution in [0.5, 0.6) is 0 Å². The van der Waals surface area contributed by atoms with Crippen molar-refractivity contribution in [2.24, 2.45) is 5.84 Å². The molecule has 1 atom stereocenters. The molecule has 0 amide bonds. The zero-order valence-electron chi connectivity index (χ0n) is 9.74.